The van der Waals surface area contributed by atoms with Crippen LogP contribution in [-0.2, 0) is 9.53 Å². The molecule has 128 valence electrons. The van der Waals surface area contributed by atoms with E-state index < -0.39 is 0 Å². The van der Waals surface area contributed by atoms with E-state index in [9.17, 15) is 9.59 Å². The maximum absolute atomic E-state index is 12.3. The predicted molar refractivity (Wildman–Crippen MR) is 93.4 cm³/mol. The van der Waals surface area contributed by atoms with Gasteiger partial charge in [-0.15, -0.1) is 0 Å². The summed E-state index contributed by atoms with van der Waals surface area (Å²) in [6.07, 6.45) is 3.41. The molecule has 0 bridgehead atoms. The molecular formula is C20H30O3. The average molecular weight is 318 g/mol. The van der Waals surface area contributed by atoms with Gasteiger partial charge in [0.05, 0.1) is 5.56 Å². The lowest BCUT2D eigenvalue weighted by atomic mass is 9.60. The van der Waals surface area contributed by atoms with Crippen molar-refractivity contribution in [3.63, 3.8) is 0 Å². The van der Waals surface area contributed by atoms with Gasteiger partial charge >= 0.3 is 5.97 Å². The first-order valence-corrected chi connectivity index (χ1v) is 8.49. The molecule has 0 amide bonds. The third-order valence-corrected chi connectivity index (χ3v) is 5.21. The number of carbonyl (C=O) groups excluding carboxylic acids is 2. The zero-order chi connectivity index (χ0) is 17.5. The number of hydrogen-bond acceptors (Lipinski definition) is 3. The summed E-state index contributed by atoms with van der Waals surface area (Å²) in [7, 11) is 0. The normalized spacial score (nSPS) is 13.4. The summed E-state index contributed by atoms with van der Waals surface area (Å²) in [5.74, 6) is -0.354. The molecule has 0 fully saturated rings. The van der Waals surface area contributed by atoms with Crippen molar-refractivity contribution < 1.29 is 14.3 Å². The van der Waals surface area contributed by atoms with Gasteiger partial charge in [-0.2, -0.15) is 0 Å². The molecule has 0 radical (unpaired) electrons. The highest BCUT2D eigenvalue weighted by Crippen LogP contribution is 2.48. The van der Waals surface area contributed by atoms with E-state index in [1.807, 2.05) is 18.2 Å². The minimum absolute atomic E-state index is 0.0393. The van der Waals surface area contributed by atoms with Gasteiger partial charge < -0.3 is 9.53 Å². The van der Waals surface area contributed by atoms with Crippen molar-refractivity contribution in [1.82, 2.24) is 0 Å². The molecule has 0 heterocycles. The van der Waals surface area contributed by atoms with E-state index in [1.54, 1.807) is 12.1 Å². The fourth-order valence-electron chi connectivity index (χ4n) is 3.42. The maximum atomic E-state index is 12.3. The molecule has 1 rings (SSSR count). The highest BCUT2D eigenvalue weighted by molar-refractivity contribution is 5.89. The van der Waals surface area contributed by atoms with Crippen LogP contribution in [0.4, 0.5) is 0 Å². The Morgan fingerprint density at radius 3 is 2.13 bits per heavy atom. The number of aldehydes is 1. The largest absolute Gasteiger partial charge is 0.458 e. The van der Waals surface area contributed by atoms with Crippen LogP contribution in [0.3, 0.4) is 0 Å². The fraction of sp³-hybridized carbons (Fsp3) is 0.600. The Labute approximate surface area is 140 Å². The van der Waals surface area contributed by atoms with Crippen molar-refractivity contribution in [2.75, 3.05) is 0 Å². The first-order chi connectivity index (χ1) is 10.8. The summed E-state index contributed by atoms with van der Waals surface area (Å²) in [5, 5.41) is 0. The third-order valence-electron chi connectivity index (χ3n) is 5.21. The molecule has 1 atom stereocenters. The topological polar surface area (TPSA) is 43.4 Å². The molecule has 3 heteroatoms. The molecular weight excluding hydrogens is 288 g/mol. The van der Waals surface area contributed by atoms with Crippen LogP contribution in [0.1, 0.15) is 70.7 Å². The minimum Gasteiger partial charge on any atom is -0.458 e. The van der Waals surface area contributed by atoms with E-state index in [0.717, 1.165) is 19.1 Å². The highest BCUT2D eigenvalue weighted by atomic mass is 16.5. The van der Waals surface area contributed by atoms with Crippen molar-refractivity contribution in [3.05, 3.63) is 35.9 Å². The van der Waals surface area contributed by atoms with E-state index in [0.29, 0.717) is 12.0 Å². The van der Waals surface area contributed by atoms with Gasteiger partial charge in [-0.1, -0.05) is 52.8 Å². The summed E-state index contributed by atoms with van der Waals surface area (Å²) in [6.45, 7) is 11.0. The first-order valence-electron chi connectivity index (χ1n) is 8.49. The summed E-state index contributed by atoms with van der Waals surface area (Å²) in [4.78, 5) is 23.4. The molecule has 1 aromatic rings. The van der Waals surface area contributed by atoms with Gasteiger partial charge in [-0.3, -0.25) is 0 Å². The van der Waals surface area contributed by atoms with Gasteiger partial charge in [0.1, 0.15) is 12.4 Å². The lowest BCUT2D eigenvalue weighted by Crippen LogP contribution is -2.39. The van der Waals surface area contributed by atoms with Crippen LogP contribution in [0.25, 0.3) is 0 Å². The van der Waals surface area contributed by atoms with Crippen LogP contribution in [0, 0.1) is 10.8 Å². The Bertz CT molecular complexity index is 495. The van der Waals surface area contributed by atoms with Crippen LogP contribution in [-0.4, -0.2) is 18.4 Å². The molecule has 0 aliphatic heterocycles. The number of hydrogen-bond donors (Lipinski definition) is 0. The summed E-state index contributed by atoms with van der Waals surface area (Å²) < 4.78 is 5.66. The van der Waals surface area contributed by atoms with Crippen LogP contribution in [0.5, 0.6) is 0 Å². The van der Waals surface area contributed by atoms with Crippen molar-refractivity contribution in [2.45, 2.75) is 66.4 Å². The molecule has 1 unspecified atom stereocenters. The first kappa shape index (κ1) is 19.4. The van der Waals surface area contributed by atoms with E-state index in [-0.39, 0.29) is 29.3 Å². The second kappa shape index (κ2) is 8.28. The predicted octanol–water partition coefficient (Wildman–Crippen LogP) is 5.04. The fourth-order valence-corrected chi connectivity index (χ4v) is 3.42. The van der Waals surface area contributed by atoms with Gasteiger partial charge in [-0.05, 0) is 42.2 Å². The third kappa shape index (κ3) is 4.92. The smallest absolute Gasteiger partial charge is 0.338 e. The Balaban J connectivity index is 2.93. The second-order valence-electron chi connectivity index (χ2n) is 7.24. The van der Waals surface area contributed by atoms with E-state index >= 15 is 0 Å². The van der Waals surface area contributed by atoms with Crippen molar-refractivity contribution in [2.24, 2.45) is 10.8 Å². The van der Waals surface area contributed by atoms with Gasteiger partial charge in [0.25, 0.3) is 0 Å². The summed E-state index contributed by atoms with van der Waals surface area (Å²) >= 11 is 0. The summed E-state index contributed by atoms with van der Waals surface area (Å²) in [6, 6.07) is 8.94. The number of ether oxygens (including phenoxy) is 1. The Morgan fingerprint density at radius 1 is 1.13 bits per heavy atom. The molecule has 0 N–H and O–H groups in total. The van der Waals surface area contributed by atoms with Crippen LogP contribution < -0.4 is 0 Å². The Morgan fingerprint density at radius 2 is 1.70 bits per heavy atom. The summed E-state index contributed by atoms with van der Waals surface area (Å²) in [5.41, 5.74) is 0.645. The molecule has 23 heavy (non-hydrogen) atoms. The molecule has 0 aliphatic carbocycles. The number of esters is 1. The van der Waals surface area contributed by atoms with Crippen molar-refractivity contribution >= 4 is 12.3 Å². The molecule has 0 saturated heterocycles. The highest BCUT2D eigenvalue weighted by Gasteiger charge is 2.41. The minimum atomic E-state index is -0.376. The molecule has 0 spiro atoms. The zero-order valence-electron chi connectivity index (χ0n) is 15.1. The number of benzene rings is 1. The van der Waals surface area contributed by atoms with Gasteiger partial charge in [-0.25, -0.2) is 4.79 Å². The van der Waals surface area contributed by atoms with E-state index in [1.165, 1.54) is 0 Å². The number of carbonyl (C=O) groups is 2. The molecule has 0 aromatic heterocycles. The van der Waals surface area contributed by atoms with Crippen LogP contribution in [0.15, 0.2) is 30.3 Å². The Hall–Kier alpha value is -1.64. The van der Waals surface area contributed by atoms with Crippen molar-refractivity contribution in [3.8, 4) is 0 Å². The Kier molecular flexibility index (Phi) is 6.99. The lowest BCUT2D eigenvalue weighted by Gasteiger charge is -2.45. The van der Waals surface area contributed by atoms with Gasteiger partial charge in [0.2, 0.25) is 0 Å². The zero-order valence-corrected chi connectivity index (χ0v) is 15.1. The van der Waals surface area contributed by atoms with Crippen molar-refractivity contribution in [1.29, 1.82) is 0 Å². The quantitative estimate of drug-likeness (QED) is 0.498. The SMILES string of the molecule is CCC(CC)(CC(CC=O)OC(=O)c1ccccc1)C(C)(C)C. The monoisotopic (exact) mass is 318 g/mol. The molecule has 1 aromatic carbocycles. The van der Waals surface area contributed by atoms with E-state index in [2.05, 4.69) is 34.6 Å². The maximum Gasteiger partial charge on any atom is 0.338 e. The molecule has 3 nitrogen and oxygen atoms in total. The lowest BCUT2D eigenvalue weighted by molar-refractivity contribution is -0.110. The van der Waals surface area contributed by atoms with Crippen LogP contribution >= 0.6 is 0 Å². The van der Waals surface area contributed by atoms with E-state index in [4.69, 9.17) is 4.74 Å². The molecule has 0 saturated carbocycles. The van der Waals surface area contributed by atoms with Crippen LogP contribution in [0.2, 0.25) is 0 Å². The standard InChI is InChI=1S/C20H30O3/c1-6-20(7-2,19(3,4)5)15-17(13-14-21)23-18(22)16-11-9-8-10-12-16/h8-12,14,17H,6-7,13,15H2,1-5H3. The molecule has 0 aliphatic rings. The second-order valence-corrected chi connectivity index (χ2v) is 7.24. The number of rotatable bonds is 8. The van der Waals surface area contributed by atoms with Gasteiger partial charge in [0, 0.05) is 6.42 Å². The van der Waals surface area contributed by atoms with Gasteiger partial charge in [0.15, 0.2) is 0 Å². The average Bonchev–Trinajstić information content (AvgIpc) is 2.52.